The molecule has 3 heteroatoms. The van der Waals surface area contributed by atoms with E-state index in [9.17, 15) is 4.79 Å². The quantitative estimate of drug-likeness (QED) is 0.432. The van der Waals surface area contributed by atoms with Crippen LogP contribution in [0.4, 0.5) is 0 Å². The van der Waals surface area contributed by atoms with Crippen molar-refractivity contribution in [2.45, 2.75) is 33.1 Å². The molecule has 0 aliphatic rings. The maximum atomic E-state index is 11.8. The first-order valence-electron chi connectivity index (χ1n) is 8.02. The minimum Gasteiger partial charge on any atom is -0.462 e. The molecule has 0 saturated carbocycles. The zero-order valence-corrected chi connectivity index (χ0v) is 13.8. The van der Waals surface area contributed by atoms with E-state index in [1.165, 1.54) is 11.1 Å². The van der Waals surface area contributed by atoms with E-state index in [0.717, 1.165) is 24.8 Å². The van der Waals surface area contributed by atoms with Gasteiger partial charge in [-0.3, -0.25) is 4.98 Å². The van der Waals surface area contributed by atoms with E-state index in [-0.39, 0.29) is 5.97 Å². The van der Waals surface area contributed by atoms with Gasteiger partial charge in [0.25, 0.3) is 0 Å². The Morgan fingerprint density at radius 3 is 2.61 bits per heavy atom. The summed E-state index contributed by atoms with van der Waals surface area (Å²) in [5.41, 5.74) is 4.04. The van der Waals surface area contributed by atoms with Gasteiger partial charge in [-0.2, -0.15) is 0 Å². The van der Waals surface area contributed by atoms with Crippen molar-refractivity contribution in [3.63, 3.8) is 0 Å². The number of pyridine rings is 1. The number of ether oxygens (including phenoxy) is 1. The van der Waals surface area contributed by atoms with Crippen LogP contribution in [0.3, 0.4) is 0 Å². The van der Waals surface area contributed by atoms with Crippen molar-refractivity contribution >= 4 is 12.0 Å². The van der Waals surface area contributed by atoms with Crippen LogP contribution in [-0.4, -0.2) is 17.6 Å². The summed E-state index contributed by atoms with van der Waals surface area (Å²) in [6.07, 6.45) is 8.30. The monoisotopic (exact) mass is 309 g/mol. The molecule has 23 heavy (non-hydrogen) atoms. The molecule has 2 aromatic rings. The average Bonchev–Trinajstić information content (AvgIpc) is 2.57. The van der Waals surface area contributed by atoms with E-state index < -0.39 is 0 Å². The van der Waals surface area contributed by atoms with Crippen molar-refractivity contribution in [1.29, 1.82) is 0 Å². The standard InChI is InChI=1S/C20H23NO2/c1-3-4-12-23-20(22)16(2)13-17-7-9-18(10-8-17)14-19-6-5-11-21-15-19/h5-11,13,15H,3-4,12,14H2,1-2H3. The molecule has 0 amide bonds. The molecule has 0 radical (unpaired) electrons. The summed E-state index contributed by atoms with van der Waals surface area (Å²) < 4.78 is 5.20. The fraction of sp³-hybridized carbons (Fsp3) is 0.300. The summed E-state index contributed by atoms with van der Waals surface area (Å²) in [7, 11) is 0. The van der Waals surface area contributed by atoms with E-state index in [1.807, 2.05) is 30.5 Å². The van der Waals surface area contributed by atoms with Gasteiger partial charge in [0.2, 0.25) is 0 Å². The van der Waals surface area contributed by atoms with Crippen LogP contribution in [0.15, 0.2) is 54.4 Å². The van der Waals surface area contributed by atoms with Crippen molar-refractivity contribution in [1.82, 2.24) is 4.98 Å². The molecule has 120 valence electrons. The highest BCUT2D eigenvalue weighted by molar-refractivity contribution is 5.92. The second kappa shape index (κ2) is 8.89. The predicted molar refractivity (Wildman–Crippen MR) is 93.0 cm³/mol. The van der Waals surface area contributed by atoms with Gasteiger partial charge in [-0.15, -0.1) is 0 Å². The summed E-state index contributed by atoms with van der Waals surface area (Å²) in [4.78, 5) is 16.0. The zero-order valence-electron chi connectivity index (χ0n) is 13.8. The summed E-state index contributed by atoms with van der Waals surface area (Å²) in [5, 5.41) is 0. The normalized spacial score (nSPS) is 11.3. The third-order valence-corrected chi connectivity index (χ3v) is 3.55. The van der Waals surface area contributed by atoms with Crippen molar-refractivity contribution in [3.8, 4) is 0 Å². The molecular formula is C20H23NO2. The fourth-order valence-corrected chi connectivity index (χ4v) is 2.20. The van der Waals surface area contributed by atoms with Gasteiger partial charge in [-0.1, -0.05) is 43.7 Å². The number of unbranched alkanes of at least 4 members (excludes halogenated alkanes) is 1. The third kappa shape index (κ3) is 5.70. The van der Waals surface area contributed by atoms with Gasteiger partial charge in [0.15, 0.2) is 0 Å². The van der Waals surface area contributed by atoms with Crippen LogP contribution >= 0.6 is 0 Å². The van der Waals surface area contributed by atoms with Gasteiger partial charge in [0.1, 0.15) is 0 Å². The Hall–Kier alpha value is -2.42. The minimum atomic E-state index is -0.238. The number of benzene rings is 1. The molecule has 2 rings (SSSR count). The molecule has 0 saturated heterocycles. The fourth-order valence-electron chi connectivity index (χ4n) is 2.20. The summed E-state index contributed by atoms with van der Waals surface area (Å²) >= 11 is 0. The SMILES string of the molecule is CCCCOC(=O)C(C)=Cc1ccc(Cc2cccnc2)cc1. The van der Waals surface area contributed by atoms with E-state index in [0.29, 0.717) is 12.2 Å². The van der Waals surface area contributed by atoms with Gasteiger partial charge >= 0.3 is 5.97 Å². The number of carbonyl (C=O) groups excluding carboxylic acids is 1. The summed E-state index contributed by atoms with van der Waals surface area (Å²) in [6.45, 7) is 4.35. The van der Waals surface area contributed by atoms with Gasteiger partial charge in [-0.25, -0.2) is 4.79 Å². The molecule has 0 spiro atoms. The lowest BCUT2D eigenvalue weighted by Gasteiger charge is -2.05. The number of hydrogen-bond acceptors (Lipinski definition) is 3. The minimum absolute atomic E-state index is 0.238. The molecule has 1 heterocycles. The van der Waals surface area contributed by atoms with Gasteiger partial charge in [-0.05, 0) is 48.6 Å². The predicted octanol–water partition coefficient (Wildman–Crippen LogP) is 4.42. The van der Waals surface area contributed by atoms with Crippen LogP contribution in [0.2, 0.25) is 0 Å². The molecule has 0 atom stereocenters. The zero-order chi connectivity index (χ0) is 16.5. The van der Waals surface area contributed by atoms with Crippen molar-refractivity contribution in [3.05, 3.63) is 71.1 Å². The van der Waals surface area contributed by atoms with Crippen LogP contribution in [0.25, 0.3) is 6.08 Å². The highest BCUT2D eigenvalue weighted by atomic mass is 16.5. The number of aromatic nitrogens is 1. The molecule has 3 nitrogen and oxygen atoms in total. The molecule has 1 aromatic heterocycles. The van der Waals surface area contributed by atoms with Crippen molar-refractivity contribution < 1.29 is 9.53 Å². The smallest absolute Gasteiger partial charge is 0.333 e. The summed E-state index contributed by atoms with van der Waals surface area (Å²) in [6, 6.07) is 12.2. The lowest BCUT2D eigenvalue weighted by molar-refractivity contribution is -0.138. The molecule has 0 aliphatic carbocycles. The van der Waals surface area contributed by atoms with E-state index >= 15 is 0 Å². The lowest BCUT2D eigenvalue weighted by atomic mass is 10.0. The Bertz CT molecular complexity index is 645. The second-order valence-corrected chi connectivity index (χ2v) is 5.60. The first kappa shape index (κ1) is 16.9. The van der Waals surface area contributed by atoms with Crippen molar-refractivity contribution in [2.24, 2.45) is 0 Å². The largest absolute Gasteiger partial charge is 0.462 e. The maximum absolute atomic E-state index is 11.8. The highest BCUT2D eigenvalue weighted by Gasteiger charge is 2.05. The number of carbonyl (C=O) groups is 1. The molecule has 0 N–H and O–H groups in total. The van der Waals surface area contributed by atoms with Crippen LogP contribution in [-0.2, 0) is 16.0 Å². The Morgan fingerprint density at radius 1 is 1.17 bits per heavy atom. The highest BCUT2D eigenvalue weighted by Crippen LogP contribution is 2.13. The molecular weight excluding hydrogens is 286 g/mol. The van der Waals surface area contributed by atoms with Crippen LogP contribution < -0.4 is 0 Å². The first-order valence-corrected chi connectivity index (χ1v) is 8.02. The molecule has 0 unspecified atom stereocenters. The Morgan fingerprint density at radius 2 is 1.96 bits per heavy atom. The molecule has 0 aliphatic heterocycles. The number of esters is 1. The van der Waals surface area contributed by atoms with Crippen LogP contribution in [0, 0.1) is 0 Å². The van der Waals surface area contributed by atoms with E-state index in [2.05, 4.69) is 30.1 Å². The number of hydrogen-bond donors (Lipinski definition) is 0. The third-order valence-electron chi connectivity index (χ3n) is 3.55. The second-order valence-electron chi connectivity index (χ2n) is 5.60. The number of rotatable bonds is 7. The first-order chi connectivity index (χ1) is 11.2. The Balaban J connectivity index is 1.96. The summed E-state index contributed by atoms with van der Waals surface area (Å²) in [5.74, 6) is -0.238. The Labute approximate surface area is 138 Å². The number of nitrogens with zero attached hydrogens (tertiary/aromatic N) is 1. The average molecular weight is 309 g/mol. The van der Waals surface area contributed by atoms with Crippen molar-refractivity contribution in [2.75, 3.05) is 6.61 Å². The van der Waals surface area contributed by atoms with E-state index in [4.69, 9.17) is 4.74 Å². The van der Waals surface area contributed by atoms with Gasteiger partial charge in [0, 0.05) is 18.0 Å². The van der Waals surface area contributed by atoms with Gasteiger partial charge < -0.3 is 4.74 Å². The topological polar surface area (TPSA) is 39.2 Å². The van der Waals surface area contributed by atoms with Crippen LogP contribution in [0.5, 0.6) is 0 Å². The maximum Gasteiger partial charge on any atom is 0.333 e. The molecule has 0 bridgehead atoms. The molecule has 0 fully saturated rings. The van der Waals surface area contributed by atoms with Crippen LogP contribution in [0.1, 0.15) is 43.4 Å². The molecule has 1 aromatic carbocycles. The Kier molecular flexibility index (Phi) is 6.55. The lowest BCUT2D eigenvalue weighted by Crippen LogP contribution is -2.06. The van der Waals surface area contributed by atoms with E-state index in [1.54, 1.807) is 13.1 Å². The van der Waals surface area contributed by atoms with Gasteiger partial charge in [0.05, 0.1) is 6.61 Å².